The lowest BCUT2D eigenvalue weighted by molar-refractivity contribution is 0.386. The second kappa shape index (κ2) is 6.44. The van der Waals surface area contributed by atoms with Crippen molar-refractivity contribution < 1.29 is 5.11 Å². The summed E-state index contributed by atoms with van der Waals surface area (Å²) in [6, 6.07) is 9.03. The first-order chi connectivity index (χ1) is 10.9. The highest BCUT2D eigenvalue weighted by molar-refractivity contribution is 5.57. The van der Waals surface area contributed by atoms with Crippen LogP contribution < -0.4 is 5.56 Å². The van der Waals surface area contributed by atoms with E-state index in [-0.39, 0.29) is 23.2 Å². The Morgan fingerprint density at radius 3 is 2.43 bits per heavy atom. The number of benzene rings is 1. The minimum atomic E-state index is -0.466. The second-order valence-electron chi connectivity index (χ2n) is 5.54. The molecule has 2 aromatic rings. The van der Waals surface area contributed by atoms with Crippen molar-refractivity contribution in [2.24, 2.45) is 10.2 Å². The zero-order valence-corrected chi connectivity index (χ0v) is 13.5. The van der Waals surface area contributed by atoms with Gasteiger partial charge in [0.2, 0.25) is 5.88 Å². The normalized spacial score (nSPS) is 11.1. The first-order valence-corrected chi connectivity index (χ1v) is 7.24. The number of azo groups is 1. The molecular formula is C17H18N4O2. The quantitative estimate of drug-likeness (QED) is 0.867. The fraction of sp³-hybridized carbons (Fsp3) is 0.294. The molecule has 1 N–H and O–H groups in total. The van der Waals surface area contributed by atoms with Crippen LogP contribution in [0.15, 0.2) is 39.3 Å². The van der Waals surface area contributed by atoms with E-state index in [0.717, 1.165) is 10.1 Å². The molecular weight excluding hydrogens is 292 g/mol. The van der Waals surface area contributed by atoms with Crippen molar-refractivity contribution in [2.75, 3.05) is 0 Å². The molecule has 0 aliphatic carbocycles. The molecule has 0 spiro atoms. The van der Waals surface area contributed by atoms with Gasteiger partial charge in [0.25, 0.3) is 5.56 Å². The Bertz CT molecular complexity index is 873. The Labute approximate surface area is 134 Å². The molecule has 0 saturated heterocycles. The summed E-state index contributed by atoms with van der Waals surface area (Å²) in [5.41, 5.74) is 1.54. The Hall–Kier alpha value is -2.94. The molecule has 1 aromatic heterocycles. The molecule has 0 aliphatic rings. The van der Waals surface area contributed by atoms with Crippen LogP contribution >= 0.6 is 0 Å². The van der Waals surface area contributed by atoms with Crippen LogP contribution in [0.4, 0.5) is 11.4 Å². The Kier molecular flexibility index (Phi) is 4.60. The van der Waals surface area contributed by atoms with Crippen LogP contribution in [0.5, 0.6) is 5.88 Å². The zero-order valence-electron chi connectivity index (χ0n) is 13.5. The molecule has 2 rings (SSSR count). The maximum absolute atomic E-state index is 12.6. The molecule has 0 amide bonds. The molecule has 1 heterocycles. The van der Waals surface area contributed by atoms with Gasteiger partial charge in [-0.2, -0.15) is 10.4 Å². The van der Waals surface area contributed by atoms with E-state index in [1.54, 1.807) is 26.8 Å². The van der Waals surface area contributed by atoms with Crippen molar-refractivity contribution in [3.63, 3.8) is 0 Å². The Morgan fingerprint density at radius 1 is 1.22 bits per heavy atom. The number of aromatic nitrogens is 1. The molecule has 0 aliphatic heterocycles. The number of pyridine rings is 1. The zero-order chi connectivity index (χ0) is 17.1. The standard InChI is InChI=1S/C17H18N4O2/c1-10(2)21-16(22)13(9-18)12(4)15(17(21)23)20-19-14-8-6-5-7-11(14)3/h5-8,10,22H,1-4H3. The smallest absolute Gasteiger partial charge is 0.281 e. The van der Waals surface area contributed by atoms with E-state index in [1.807, 2.05) is 31.2 Å². The van der Waals surface area contributed by atoms with Gasteiger partial charge in [-0.05, 0) is 39.3 Å². The van der Waals surface area contributed by atoms with Crippen LogP contribution in [0.2, 0.25) is 0 Å². The van der Waals surface area contributed by atoms with Gasteiger partial charge in [0.05, 0.1) is 5.69 Å². The van der Waals surface area contributed by atoms with Crippen LogP contribution in [-0.4, -0.2) is 9.67 Å². The first kappa shape index (κ1) is 16.4. The van der Waals surface area contributed by atoms with Crippen LogP contribution in [-0.2, 0) is 0 Å². The number of rotatable bonds is 3. The highest BCUT2D eigenvalue weighted by Gasteiger charge is 2.20. The van der Waals surface area contributed by atoms with Gasteiger partial charge in [-0.15, -0.1) is 5.11 Å². The number of hydrogen-bond donors (Lipinski definition) is 1. The highest BCUT2D eigenvalue weighted by atomic mass is 16.3. The third-order valence-corrected chi connectivity index (χ3v) is 3.60. The number of nitrogens with zero attached hydrogens (tertiary/aromatic N) is 4. The lowest BCUT2D eigenvalue weighted by Gasteiger charge is -2.15. The fourth-order valence-corrected chi connectivity index (χ4v) is 2.29. The predicted molar refractivity (Wildman–Crippen MR) is 87.6 cm³/mol. The molecule has 1 aromatic carbocycles. The van der Waals surface area contributed by atoms with Gasteiger partial charge in [-0.25, -0.2) is 0 Å². The van der Waals surface area contributed by atoms with Crippen LogP contribution in [0.3, 0.4) is 0 Å². The summed E-state index contributed by atoms with van der Waals surface area (Å²) in [4.78, 5) is 12.6. The molecule has 0 radical (unpaired) electrons. The van der Waals surface area contributed by atoms with Crippen molar-refractivity contribution in [2.45, 2.75) is 33.7 Å². The number of aryl methyl sites for hydroxylation is 1. The van der Waals surface area contributed by atoms with Gasteiger partial charge in [0.15, 0.2) is 5.69 Å². The van der Waals surface area contributed by atoms with E-state index >= 15 is 0 Å². The second-order valence-corrected chi connectivity index (χ2v) is 5.54. The molecule has 23 heavy (non-hydrogen) atoms. The van der Waals surface area contributed by atoms with E-state index < -0.39 is 5.56 Å². The monoisotopic (exact) mass is 310 g/mol. The SMILES string of the molecule is Cc1ccccc1N=Nc1c(C)c(C#N)c(O)n(C(C)C)c1=O. The Morgan fingerprint density at radius 2 is 1.87 bits per heavy atom. The van der Waals surface area contributed by atoms with Gasteiger partial charge in [0, 0.05) is 11.6 Å². The van der Waals surface area contributed by atoms with Gasteiger partial charge in [0.1, 0.15) is 11.6 Å². The molecule has 0 atom stereocenters. The summed E-state index contributed by atoms with van der Waals surface area (Å²) in [6.45, 7) is 6.97. The van der Waals surface area contributed by atoms with E-state index in [4.69, 9.17) is 0 Å². The summed E-state index contributed by atoms with van der Waals surface area (Å²) < 4.78 is 1.15. The van der Waals surface area contributed by atoms with Gasteiger partial charge in [-0.3, -0.25) is 9.36 Å². The van der Waals surface area contributed by atoms with Gasteiger partial charge < -0.3 is 5.11 Å². The number of aromatic hydroxyl groups is 1. The first-order valence-electron chi connectivity index (χ1n) is 7.24. The maximum atomic E-state index is 12.6. The van der Waals surface area contributed by atoms with Gasteiger partial charge in [-0.1, -0.05) is 18.2 Å². The molecule has 118 valence electrons. The lowest BCUT2D eigenvalue weighted by atomic mass is 10.1. The van der Waals surface area contributed by atoms with E-state index in [1.165, 1.54) is 0 Å². The predicted octanol–water partition coefficient (Wildman–Crippen LogP) is 4.04. The largest absolute Gasteiger partial charge is 0.493 e. The van der Waals surface area contributed by atoms with E-state index in [9.17, 15) is 15.2 Å². The van der Waals surface area contributed by atoms with Crippen molar-refractivity contribution in [3.05, 3.63) is 51.3 Å². The topological polar surface area (TPSA) is 90.7 Å². The average molecular weight is 310 g/mol. The molecule has 6 heteroatoms. The summed E-state index contributed by atoms with van der Waals surface area (Å²) in [5.74, 6) is -0.333. The van der Waals surface area contributed by atoms with Crippen molar-refractivity contribution >= 4 is 11.4 Å². The van der Waals surface area contributed by atoms with Crippen molar-refractivity contribution in [1.29, 1.82) is 5.26 Å². The fourth-order valence-electron chi connectivity index (χ4n) is 2.29. The molecule has 0 fully saturated rings. The summed E-state index contributed by atoms with van der Waals surface area (Å²) in [6.07, 6.45) is 0. The Balaban J connectivity index is 2.69. The molecule has 0 bridgehead atoms. The molecule has 0 unspecified atom stereocenters. The summed E-state index contributed by atoms with van der Waals surface area (Å²) in [7, 11) is 0. The minimum Gasteiger partial charge on any atom is -0.493 e. The van der Waals surface area contributed by atoms with E-state index in [2.05, 4.69) is 10.2 Å². The van der Waals surface area contributed by atoms with Crippen LogP contribution in [0, 0.1) is 25.2 Å². The lowest BCUT2D eigenvalue weighted by Crippen LogP contribution is -2.23. The maximum Gasteiger partial charge on any atom is 0.281 e. The van der Waals surface area contributed by atoms with Gasteiger partial charge >= 0.3 is 0 Å². The summed E-state index contributed by atoms with van der Waals surface area (Å²) in [5, 5.41) is 27.6. The summed E-state index contributed by atoms with van der Waals surface area (Å²) >= 11 is 0. The molecule has 6 nitrogen and oxygen atoms in total. The average Bonchev–Trinajstić information content (AvgIpc) is 2.48. The van der Waals surface area contributed by atoms with Crippen molar-refractivity contribution in [1.82, 2.24) is 4.57 Å². The number of nitriles is 1. The van der Waals surface area contributed by atoms with Crippen molar-refractivity contribution in [3.8, 4) is 11.9 Å². The highest BCUT2D eigenvalue weighted by Crippen LogP contribution is 2.29. The minimum absolute atomic E-state index is 0.0389. The van der Waals surface area contributed by atoms with Crippen LogP contribution in [0.25, 0.3) is 0 Å². The van der Waals surface area contributed by atoms with E-state index in [0.29, 0.717) is 11.3 Å². The third-order valence-electron chi connectivity index (χ3n) is 3.60. The number of hydrogen-bond acceptors (Lipinski definition) is 5. The van der Waals surface area contributed by atoms with Crippen LogP contribution in [0.1, 0.15) is 36.6 Å². The third kappa shape index (κ3) is 2.99. The molecule has 0 saturated carbocycles.